The van der Waals surface area contributed by atoms with Gasteiger partial charge in [0.1, 0.15) is 0 Å². The monoisotopic (exact) mass is 292 g/mol. The van der Waals surface area contributed by atoms with E-state index in [1.54, 1.807) is 6.07 Å². The number of nitrogens with one attached hydrogen (secondary N) is 1. The number of benzene rings is 1. The van der Waals surface area contributed by atoms with E-state index in [1.165, 1.54) is 30.5 Å². The van der Waals surface area contributed by atoms with E-state index in [4.69, 9.17) is 5.73 Å². The Labute approximate surface area is 118 Å². The lowest BCUT2D eigenvalue weighted by molar-refractivity contribution is 0.600. The number of aromatic nitrogens is 2. The second kappa shape index (κ2) is 5.46. The van der Waals surface area contributed by atoms with Crippen LogP contribution in [0.3, 0.4) is 0 Å². The van der Waals surface area contributed by atoms with Crippen molar-refractivity contribution in [3.63, 3.8) is 0 Å². The Morgan fingerprint density at radius 2 is 1.80 bits per heavy atom. The van der Waals surface area contributed by atoms with Crippen LogP contribution in [0, 0.1) is 0 Å². The molecule has 6 nitrogen and oxygen atoms in total. The molecule has 0 fully saturated rings. The fourth-order valence-corrected chi connectivity index (χ4v) is 2.52. The van der Waals surface area contributed by atoms with E-state index in [0.717, 1.165) is 5.69 Å². The largest absolute Gasteiger partial charge is 0.399 e. The van der Waals surface area contributed by atoms with E-state index in [-0.39, 0.29) is 16.8 Å². The highest BCUT2D eigenvalue weighted by atomic mass is 32.2. The van der Waals surface area contributed by atoms with Crippen molar-refractivity contribution in [1.29, 1.82) is 0 Å². The molecule has 0 atom stereocenters. The fourth-order valence-electron chi connectivity index (χ4n) is 1.57. The van der Waals surface area contributed by atoms with Crippen molar-refractivity contribution < 1.29 is 8.42 Å². The van der Waals surface area contributed by atoms with Gasteiger partial charge < -0.3 is 5.73 Å². The number of sulfonamides is 1. The Morgan fingerprint density at radius 3 is 2.40 bits per heavy atom. The average Bonchev–Trinajstić information content (AvgIpc) is 2.39. The minimum absolute atomic E-state index is 0.0630. The number of hydrogen-bond donors (Lipinski definition) is 2. The molecule has 1 aromatic heterocycles. The van der Waals surface area contributed by atoms with Crippen molar-refractivity contribution in [2.45, 2.75) is 24.7 Å². The average molecular weight is 292 g/mol. The first-order chi connectivity index (χ1) is 9.38. The molecule has 0 saturated heterocycles. The van der Waals surface area contributed by atoms with Crippen molar-refractivity contribution in [2.75, 3.05) is 10.5 Å². The van der Waals surface area contributed by atoms with Crippen molar-refractivity contribution >= 4 is 21.7 Å². The second-order valence-electron chi connectivity index (χ2n) is 4.63. The first-order valence-electron chi connectivity index (χ1n) is 6.10. The van der Waals surface area contributed by atoms with Crippen LogP contribution in [-0.2, 0) is 10.0 Å². The van der Waals surface area contributed by atoms with E-state index in [9.17, 15) is 8.42 Å². The summed E-state index contributed by atoms with van der Waals surface area (Å²) in [6.45, 7) is 3.95. The quantitative estimate of drug-likeness (QED) is 0.840. The van der Waals surface area contributed by atoms with Crippen molar-refractivity contribution in [2.24, 2.45) is 0 Å². The zero-order valence-corrected chi connectivity index (χ0v) is 12.1. The number of rotatable bonds is 4. The van der Waals surface area contributed by atoms with Gasteiger partial charge >= 0.3 is 0 Å². The summed E-state index contributed by atoms with van der Waals surface area (Å²) < 4.78 is 26.7. The lowest BCUT2D eigenvalue weighted by atomic mass is 10.1. The third-order valence-corrected chi connectivity index (χ3v) is 4.03. The van der Waals surface area contributed by atoms with E-state index in [0.29, 0.717) is 5.69 Å². The summed E-state index contributed by atoms with van der Waals surface area (Å²) in [5.74, 6) is 0.255. The maximum absolute atomic E-state index is 12.2. The molecule has 0 aliphatic heterocycles. The Balaban J connectivity index is 2.28. The van der Waals surface area contributed by atoms with Crippen LogP contribution < -0.4 is 10.5 Å². The first kappa shape index (κ1) is 14.3. The Bertz CT molecular complexity index is 697. The van der Waals surface area contributed by atoms with Crippen LogP contribution in [0.15, 0.2) is 41.4 Å². The van der Waals surface area contributed by atoms with Crippen LogP contribution in [0.2, 0.25) is 0 Å². The van der Waals surface area contributed by atoms with Crippen LogP contribution >= 0.6 is 0 Å². The summed E-state index contributed by atoms with van der Waals surface area (Å²) in [4.78, 5) is 8.21. The molecule has 2 aromatic rings. The zero-order valence-electron chi connectivity index (χ0n) is 11.2. The molecule has 0 saturated carbocycles. The summed E-state index contributed by atoms with van der Waals surface area (Å²) in [5, 5.41) is 0. The number of nitrogen functional groups attached to an aromatic ring is 1. The van der Waals surface area contributed by atoms with E-state index in [2.05, 4.69) is 14.7 Å². The molecule has 1 heterocycles. The van der Waals surface area contributed by atoms with Crippen LogP contribution in [0.1, 0.15) is 25.5 Å². The van der Waals surface area contributed by atoms with Crippen LogP contribution in [0.25, 0.3) is 0 Å². The van der Waals surface area contributed by atoms with Gasteiger partial charge in [-0.1, -0.05) is 13.8 Å². The second-order valence-corrected chi connectivity index (χ2v) is 6.32. The van der Waals surface area contributed by atoms with Gasteiger partial charge in [0.15, 0.2) is 0 Å². The molecule has 0 unspecified atom stereocenters. The van der Waals surface area contributed by atoms with Gasteiger partial charge in [-0.2, -0.15) is 0 Å². The zero-order chi connectivity index (χ0) is 14.8. The predicted octanol–water partition coefficient (Wildman–Crippen LogP) is 1.98. The van der Waals surface area contributed by atoms with Crippen LogP contribution in [0.4, 0.5) is 11.6 Å². The van der Waals surface area contributed by atoms with E-state index >= 15 is 0 Å². The van der Waals surface area contributed by atoms with Gasteiger partial charge in [-0.3, -0.25) is 0 Å². The fraction of sp³-hybridized carbons (Fsp3) is 0.231. The third-order valence-electron chi connectivity index (χ3n) is 2.68. The predicted molar refractivity (Wildman–Crippen MR) is 77.8 cm³/mol. The topological polar surface area (TPSA) is 98.0 Å². The van der Waals surface area contributed by atoms with Crippen molar-refractivity contribution in [1.82, 2.24) is 9.97 Å². The molecule has 0 radical (unpaired) electrons. The number of nitrogens with zero attached hydrogens (tertiary/aromatic N) is 2. The van der Waals surface area contributed by atoms with Gasteiger partial charge in [-0.15, -0.1) is 0 Å². The standard InChI is InChI=1S/C13H16N4O2S/c1-9(2)12-7-8-15-13(16-12)17-20(18,19)11-5-3-10(14)4-6-11/h3-9H,14H2,1-2H3,(H,15,16,17). The minimum atomic E-state index is -3.70. The molecular formula is C13H16N4O2S. The highest BCUT2D eigenvalue weighted by Gasteiger charge is 2.15. The Hall–Kier alpha value is -2.15. The maximum Gasteiger partial charge on any atom is 0.264 e. The smallest absolute Gasteiger partial charge is 0.264 e. The highest BCUT2D eigenvalue weighted by Crippen LogP contribution is 2.16. The SMILES string of the molecule is CC(C)c1ccnc(NS(=O)(=O)c2ccc(N)cc2)n1. The number of hydrogen-bond acceptors (Lipinski definition) is 5. The van der Waals surface area contributed by atoms with Gasteiger partial charge in [0.25, 0.3) is 10.0 Å². The van der Waals surface area contributed by atoms with Crippen molar-refractivity contribution in [3.8, 4) is 0 Å². The lowest BCUT2D eigenvalue weighted by Gasteiger charge is -2.09. The summed E-state index contributed by atoms with van der Waals surface area (Å²) in [5.41, 5.74) is 6.81. The summed E-state index contributed by atoms with van der Waals surface area (Å²) >= 11 is 0. The molecular weight excluding hydrogens is 276 g/mol. The molecule has 0 bridgehead atoms. The summed E-state index contributed by atoms with van der Waals surface area (Å²) in [6, 6.07) is 7.68. The molecule has 2 rings (SSSR count). The molecule has 0 aliphatic carbocycles. The van der Waals surface area contributed by atoms with Gasteiger partial charge in [0, 0.05) is 17.6 Å². The first-order valence-corrected chi connectivity index (χ1v) is 7.58. The molecule has 0 spiro atoms. The minimum Gasteiger partial charge on any atom is -0.399 e. The number of nitrogens with two attached hydrogens (primary N) is 1. The molecule has 0 aliphatic rings. The molecule has 0 amide bonds. The summed E-state index contributed by atoms with van der Waals surface area (Å²) in [6.07, 6.45) is 1.53. The van der Waals surface area contributed by atoms with Crippen LogP contribution in [-0.4, -0.2) is 18.4 Å². The van der Waals surface area contributed by atoms with Gasteiger partial charge in [0.05, 0.1) is 4.90 Å². The van der Waals surface area contributed by atoms with Gasteiger partial charge in [-0.25, -0.2) is 23.1 Å². The van der Waals surface area contributed by atoms with Crippen LogP contribution in [0.5, 0.6) is 0 Å². The molecule has 20 heavy (non-hydrogen) atoms. The molecule has 7 heteroatoms. The highest BCUT2D eigenvalue weighted by molar-refractivity contribution is 7.92. The maximum atomic E-state index is 12.2. The Kier molecular flexibility index (Phi) is 3.89. The number of anilines is 2. The molecule has 1 aromatic carbocycles. The molecule has 3 N–H and O–H groups in total. The summed E-state index contributed by atoms with van der Waals surface area (Å²) in [7, 11) is -3.70. The third kappa shape index (κ3) is 3.24. The normalized spacial score (nSPS) is 11.6. The van der Waals surface area contributed by atoms with Crippen molar-refractivity contribution in [3.05, 3.63) is 42.2 Å². The Morgan fingerprint density at radius 1 is 1.15 bits per heavy atom. The van der Waals surface area contributed by atoms with E-state index < -0.39 is 10.0 Å². The van der Waals surface area contributed by atoms with E-state index in [1.807, 2.05) is 13.8 Å². The van der Waals surface area contributed by atoms with Gasteiger partial charge in [-0.05, 0) is 36.2 Å². The lowest BCUT2D eigenvalue weighted by Crippen LogP contribution is -2.15. The van der Waals surface area contributed by atoms with Gasteiger partial charge in [0.2, 0.25) is 5.95 Å². The molecule has 106 valence electrons.